The Morgan fingerprint density at radius 3 is 2.38 bits per heavy atom. The van der Waals surface area contributed by atoms with E-state index in [2.05, 4.69) is 6.92 Å². The minimum absolute atomic E-state index is 0.282. The third-order valence-corrected chi connectivity index (χ3v) is 4.97. The van der Waals surface area contributed by atoms with Gasteiger partial charge in [0, 0.05) is 12.2 Å². The fourth-order valence-electron chi connectivity index (χ4n) is 3.56. The summed E-state index contributed by atoms with van der Waals surface area (Å²) in [5.41, 5.74) is -0.282. The fourth-order valence-corrected chi connectivity index (χ4v) is 3.56. The van der Waals surface area contributed by atoms with Crippen LogP contribution in [0.15, 0.2) is 12.2 Å². The summed E-state index contributed by atoms with van der Waals surface area (Å²) in [6.45, 7) is 2.23. The van der Waals surface area contributed by atoms with Gasteiger partial charge in [-0.05, 0) is 37.5 Å². The molecule has 1 N–H and O–H groups in total. The monoisotopic (exact) mass is 294 g/mol. The molecule has 2 aliphatic carbocycles. The average molecular weight is 294 g/mol. The quantitative estimate of drug-likeness (QED) is 0.574. The molecule has 0 saturated heterocycles. The van der Waals surface area contributed by atoms with E-state index in [1.807, 2.05) is 0 Å². The minimum Gasteiger partial charge on any atom is -0.478 e. The molecule has 0 spiro atoms. The van der Waals surface area contributed by atoms with Crippen molar-refractivity contribution in [3.05, 3.63) is 12.2 Å². The second-order valence-corrected chi connectivity index (χ2v) is 6.52. The smallest absolute Gasteiger partial charge is 0.331 e. The van der Waals surface area contributed by atoms with Gasteiger partial charge in [0.15, 0.2) is 0 Å². The van der Waals surface area contributed by atoms with Gasteiger partial charge in [0.05, 0.1) is 0 Å². The van der Waals surface area contributed by atoms with Gasteiger partial charge in [0.25, 0.3) is 0 Å². The first-order valence-corrected chi connectivity index (χ1v) is 8.19. The van der Waals surface area contributed by atoms with E-state index >= 15 is 0 Å². The van der Waals surface area contributed by atoms with Crippen molar-refractivity contribution >= 4 is 11.9 Å². The maximum Gasteiger partial charge on any atom is 0.331 e. The Hall–Kier alpha value is -1.32. The lowest BCUT2D eigenvalue weighted by Crippen LogP contribution is -2.31. The molecule has 118 valence electrons. The molecule has 0 radical (unpaired) electrons. The summed E-state index contributed by atoms with van der Waals surface area (Å²) in [5.74, 6) is -0.312. The van der Waals surface area contributed by atoms with Gasteiger partial charge in [-0.1, -0.05) is 39.0 Å². The fraction of sp³-hybridized carbons (Fsp3) is 0.765. The largest absolute Gasteiger partial charge is 0.478 e. The first kappa shape index (κ1) is 16.1. The molecule has 0 aromatic carbocycles. The second kappa shape index (κ2) is 7.10. The number of carbonyl (C=O) groups is 2. The zero-order valence-corrected chi connectivity index (χ0v) is 12.8. The highest BCUT2D eigenvalue weighted by Gasteiger charge is 2.53. The Bertz CT molecular complexity index is 401. The number of hydrogen-bond acceptors (Lipinski definition) is 3. The Kier molecular flexibility index (Phi) is 5.43. The van der Waals surface area contributed by atoms with E-state index in [1.54, 1.807) is 0 Å². The predicted molar refractivity (Wildman–Crippen MR) is 79.8 cm³/mol. The lowest BCUT2D eigenvalue weighted by Gasteiger charge is -2.33. The van der Waals surface area contributed by atoms with Crippen molar-refractivity contribution in [1.29, 1.82) is 0 Å². The number of carbonyl (C=O) groups excluding carboxylic acids is 1. The van der Waals surface area contributed by atoms with Crippen LogP contribution in [0.2, 0.25) is 0 Å². The molecule has 2 fully saturated rings. The number of rotatable bonds is 7. The first-order chi connectivity index (χ1) is 10.1. The number of esters is 1. The van der Waals surface area contributed by atoms with E-state index < -0.39 is 11.9 Å². The van der Waals surface area contributed by atoms with E-state index in [9.17, 15) is 9.59 Å². The SMILES string of the molecule is CCCCC1CCC(C2(OC(=O)/C=C/C(=O)O)CC2)CC1. The van der Waals surface area contributed by atoms with Crippen molar-refractivity contribution in [2.75, 3.05) is 0 Å². The van der Waals surface area contributed by atoms with Crippen LogP contribution in [0.3, 0.4) is 0 Å². The summed E-state index contributed by atoms with van der Waals surface area (Å²) >= 11 is 0. The average Bonchev–Trinajstić information content (AvgIpc) is 3.24. The summed E-state index contributed by atoms with van der Waals surface area (Å²) in [6.07, 6.45) is 12.4. The summed E-state index contributed by atoms with van der Waals surface area (Å²) in [4.78, 5) is 22.1. The molecule has 0 unspecified atom stereocenters. The Morgan fingerprint density at radius 2 is 1.86 bits per heavy atom. The van der Waals surface area contributed by atoms with Crippen LogP contribution in [-0.2, 0) is 14.3 Å². The van der Waals surface area contributed by atoms with Crippen LogP contribution in [0.5, 0.6) is 0 Å². The molecule has 0 aromatic heterocycles. The molecule has 0 aliphatic heterocycles. The van der Waals surface area contributed by atoms with Crippen LogP contribution in [0.4, 0.5) is 0 Å². The number of ether oxygens (including phenoxy) is 1. The van der Waals surface area contributed by atoms with Crippen molar-refractivity contribution in [2.24, 2.45) is 11.8 Å². The lowest BCUT2D eigenvalue weighted by atomic mass is 9.76. The van der Waals surface area contributed by atoms with Crippen LogP contribution in [0.1, 0.15) is 64.7 Å². The van der Waals surface area contributed by atoms with Gasteiger partial charge in [-0.15, -0.1) is 0 Å². The molecule has 2 saturated carbocycles. The second-order valence-electron chi connectivity index (χ2n) is 6.52. The van der Waals surface area contributed by atoms with Crippen molar-refractivity contribution in [3.63, 3.8) is 0 Å². The van der Waals surface area contributed by atoms with Crippen LogP contribution in [0, 0.1) is 11.8 Å². The number of carboxylic acids is 1. The molecule has 4 heteroatoms. The van der Waals surface area contributed by atoms with E-state index in [1.165, 1.54) is 32.1 Å². The van der Waals surface area contributed by atoms with E-state index in [-0.39, 0.29) is 5.60 Å². The standard InChI is InChI=1S/C17H26O4/c1-2-3-4-13-5-7-14(8-6-13)17(11-12-17)21-16(20)10-9-15(18)19/h9-10,13-14H,2-8,11-12H2,1H3,(H,18,19)/b10-9+. The summed E-state index contributed by atoms with van der Waals surface area (Å²) in [7, 11) is 0. The number of aliphatic carboxylic acids is 1. The molecule has 2 aliphatic rings. The Labute approximate surface area is 126 Å². The normalized spacial score (nSPS) is 27.5. The minimum atomic E-state index is -1.12. The number of unbranched alkanes of at least 4 members (excludes halogenated alkanes) is 1. The van der Waals surface area contributed by atoms with Gasteiger partial charge in [-0.3, -0.25) is 0 Å². The zero-order chi connectivity index (χ0) is 15.3. The number of carboxylic acid groups (broad SMARTS) is 1. The van der Waals surface area contributed by atoms with Crippen LogP contribution >= 0.6 is 0 Å². The van der Waals surface area contributed by atoms with Gasteiger partial charge in [0.2, 0.25) is 0 Å². The Morgan fingerprint density at radius 1 is 1.19 bits per heavy atom. The van der Waals surface area contributed by atoms with Crippen molar-refractivity contribution in [1.82, 2.24) is 0 Å². The summed E-state index contributed by atoms with van der Waals surface area (Å²) in [6, 6.07) is 0. The molecule has 0 atom stereocenters. The molecular weight excluding hydrogens is 268 g/mol. The zero-order valence-electron chi connectivity index (χ0n) is 12.8. The van der Waals surface area contributed by atoms with E-state index in [0.717, 1.165) is 43.8 Å². The Balaban J connectivity index is 1.79. The molecule has 2 rings (SSSR count). The number of hydrogen-bond donors (Lipinski definition) is 1. The molecule has 0 bridgehead atoms. The third-order valence-electron chi connectivity index (χ3n) is 4.97. The highest BCUT2D eigenvalue weighted by atomic mass is 16.6. The van der Waals surface area contributed by atoms with Crippen molar-refractivity contribution in [2.45, 2.75) is 70.3 Å². The molecule has 0 heterocycles. The first-order valence-electron chi connectivity index (χ1n) is 8.19. The van der Waals surface area contributed by atoms with Crippen molar-refractivity contribution < 1.29 is 19.4 Å². The third kappa shape index (κ3) is 4.58. The maximum atomic E-state index is 11.7. The van der Waals surface area contributed by atoms with Crippen LogP contribution < -0.4 is 0 Å². The highest BCUT2D eigenvalue weighted by Crippen LogP contribution is 2.52. The van der Waals surface area contributed by atoms with Gasteiger partial charge in [-0.25, -0.2) is 9.59 Å². The molecular formula is C17H26O4. The predicted octanol–water partition coefficient (Wildman–Crippen LogP) is 3.70. The van der Waals surface area contributed by atoms with Crippen molar-refractivity contribution in [3.8, 4) is 0 Å². The van der Waals surface area contributed by atoms with Gasteiger partial charge in [0.1, 0.15) is 5.60 Å². The van der Waals surface area contributed by atoms with Gasteiger partial charge >= 0.3 is 11.9 Å². The van der Waals surface area contributed by atoms with E-state index in [0.29, 0.717) is 5.92 Å². The highest BCUT2D eigenvalue weighted by molar-refractivity contribution is 5.91. The molecule has 4 nitrogen and oxygen atoms in total. The topological polar surface area (TPSA) is 63.6 Å². The summed E-state index contributed by atoms with van der Waals surface area (Å²) in [5, 5.41) is 8.53. The molecule has 0 aromatic rings. The van der Waals surface area contributed by atoms with Crippen LogP contribution in [0.25, 0.3) is 0 Å². The van der Waals surface area contributed by atoms with Gasteiger partial charge < -0.3 is 9.84 Å². The maximum absolute atomic E-state index is 11.7. The molecule has 21 heavy (non-hydrogen) atoms. The molecule has 0 amide bonds. The van der Waals surface area contributed by atoms with E-state index in [4.69, 9.17) is 9.84 Å². The van der Waals surface area contributed by atoms with Gasteiger partial charge in [-0.2, -0.15) is 0 Å². The van der Waals surface area contributed by atoms with Crippen LogP contribution in [-0.4, -0.2) is 22.6 Å². The lowest BCUT2D eigenvalue weighted by molar-refractivity contribution is -0.150. The summed E-state index contributed by atoms with van der Waals surface area (Å²) < 4.78 is 5.57.